The normalized spacial score (nSPS) is 10.5. The van der Waals surface area contributed by atoms with Crippen molar-refractivity contribution in [3.63, 3.8) is 0 Å². The molecule has 0 saturated heterocycles. The van der Waals surface area contributed by atoms with Gasteiger partial charge in [0.2, 0.25) is 0 Å². The summed E-state index contributed by atoms with van der Waals surface area (Å²) in [5.41, 5.74) is 3.02. The van der Waals surface area contributed by atoms with Crippen LogP contribution in [0.25, 0.3) is 0 Å². The molecule has 1 amide bonds. The number of nitrogens with zero attached hydrogens (tertiary/aromatic N) is 2. The lowest BCUT2D eigenvalue weighted by Gasteiger charge is -2.09. The van der Waals surface area contributed by atoms with E-state index in [1.807, 2.05) is 6.07 Å². The molecule has 114 valence electrons. The molecular weight excluding hydrogens is 350 g/mol. The first-order valence-electron chi connectivity index (χ1n) is 6.38. The number of hydrogen-bond donors (Lipinski definition) is 1. The summed E-state index contributed by atoms with van der Waals surface area (Å²) in [6, 6.07) is 10.7. The summed E-state index contributed by atoms with van der Waals surface area (Å²) in [6.45, 7) is -0.169. The fourth-order valence-electron chi connectivity index (χ4n) is 1.56. The Labute approximate surface area is 136 Å². The molecule has 0 fully saturated rings. The topological polar surface area (TPSA) is 72.8 Å². The Balaban J connectivity index is 1.84. The molecule has 0 unspecified atom stereocenters. The van der Waals surface area contributed by atoms with Crippen LogP contribution >= 0.6 is 15.9 Å². The molecule has 2 aromatic rings. The van der Waals surface area contributed by atoms with Crippen molar-refractivity contribution in [3.05, 3.63) is 52.8 Å². The maximum Gasteiger partial charge on any atom is 0.277 e. The Morgan fingerprint density at radius 1 is 1.36 bits per heavy atom. The second-order valence-electron chi connectivity index (χ2n) is 4.13. The maximum absolute atomic E-state index is 11.7. The van der Waals surface area contributed by atoms with Gasteiger partial charge in [-0.15, -0.1) is 0 Å². The SMILES string of the molecule is COc1cc(Br)ccc1OCC(=O)NN=Cc1ccccn1. The van der Waals surface area contributed by atoms with Crippen LogP contribution in [0.15, 0.2) is 52.2 Å². The zero-order chi connectivity index (χ0) is 15.8. The number of rotatable bonds is 6. The van der Waals surface area contributed by atoms with Gasteiger partial charge in [0, 0.05) is 10.7 Å². The van der Waals surface area contributed by atoms with Crippen LogP contribution in [0.5, 0.6) is 11.5 Å². The molecule has 7 heteroatoms. The molecule has 0 aliphatic heterocycles. The lowest BCUT2D eigenvalue weighted by Crippen LogP contribution is -2.24. The van der Waals surface area contributed by atoms with Crippen LogP contribution < -0.4 is 14.9 Å². The number of ether oxygens (including phenoxy) is 2. The van der Waals surface area contributed by atoms with Gasteiger partial charge in [-0.3, -0.25) is 9.78 Å². The van der Waals surface area contributed by atoms with Crippen LogP contribution in [0.4, 0.5) is 0 Å². The number of nitrogens with one attached hydrogen (secondary N) is 1. The number of carbonyl (C=O) groups excluding carboxylic acids is 1. The molecule has 0 saturated carbocycles. The van der Waals surface area contributed by atoms with E-state index in [4.69, 9.17) is 9.47 Å². The van der Waals surface area contributed by atoms with E-state index in [9.17, 15) is 4.79 Å². The minimum Gasteiger partial charge on any atom is -0.493 e. The summed E-state index contributed by atoms with van der Waals surface area (Å²) < 4.78 is 11.4. The first-order valence-corrected chi connectivity index (χ1v) is 7.17. The summed E-state index contributed by atoms with van der Waals surface area (Å²) in [6.07, 6.45) is 3.10. The molecule has 0 aliphatic carbocycles. The number of pyridine rings is 1. The molecule has 1 N–H and O–H groups in total. The van der Waals surface area contributed by atoms with E-state index >= 15 is 0 Å². The molecule has 0 aliphatic rings. The predicted octanol–water partition coefficient (Wildman–Crippen LogP) is 2.38. The van der Waals surface area contributed by atoms with E-state index < -0.39 is 0 Å². The van der Waals surface area contributed by atoms with Gasteiger partial charge in [0.05, 0.1) is 19.0 Å². The summed E-state index contributed by atoms with van der Waals surface area (Å²) in [5, 5.41) is 3.80. The van der Waals surface area contributed by atoms with Crippen molar-refractivity contribution in [2.45, 2.75) is 0 Å². The quantitative estimate of drug-likeness (QED) is 0.631. The second-order valence-corrected chi connectivity index (χ2v) is 5.05. The first kappa shape index (κ1) is 16.0. The number of amides is 1. The molecule has 1 heterocycles. The van der Waals surface area contributed by atoms with Crippen molar-refractivity contribution in [2.24, 2.45) is 5.10 Å². The minimum atomic E-state index is -0.378. The number of benzene rings is 1. The van der Waals surface area contributed by atoms with Gasteiger partial charge in [0.1, 0.15) is 0 Å². The minimum absolute atomic E-state index is 0.169. The first-order chi connectivity index (χ1) is 10.7. The van der Waals surface area contributed by atoms with E-state index in [0.29, 0.717) is 17.2 Å². The Bertz CT molecular complexity index is 662. The Morgan fingerprint density at radius 3 is 2.95 bits per heavy atom. The molecule has 6 nitrogen and oxygen atoms in total. The van der Waals surface area contributed by atoms with Gasteiger partial charge < -0.3 is 9.47 Å². The van der Waals surface area contributed by atoms with Crippen molar-refractivity contribution in [2.75, 3.05) is 13.7 Å². The summed E-state index contributed by atoms with van der Waals surface area (Å²) in [4.78, 5) is 15.7. The Kier molecular flexibility index (Phi) is 5.91. The molecule has 0 atom stereocenters. The van der Waals surface area contributed by atoms with Gasteiger partial charge in [-0.1, -0.05) is 22.0 Å². The standard InChI is InChI=1S/C15H14BrN3O3/c1-21-14-8-11(16)5-6-13(14)22-10-15(20)19-18-9-12-4-2-3-7-17-12/h2-9H,10H2,1H3,(H,19,20). The molecule has 0 bridgehead atoms. The molecular formula is C15H14BrN3O3. The highest BCUT2D eigenvalue weighted by atomic mass is 79.9. The highest BCUT2D eigenvalue weighted by Gasteiger charge is 2.07. The smallest absolute Gasteiger partial charge is 0.277 e. The average Bonchev–Trinajstić information content (AvgIpc) is 2.54. The largest absolute Gasteiger partial charge is 0.493 e. The molecule has 1 aromatic carbocycles. The average molecular weight is 364 g/mol. The van der Waals surface area contributed by atoms with Crippen LogP contribution in [0.2, 0.25) is 0 Å². The lowest BCUT2D eigenvalue weighted by atomic mass is 10.3. The third-order valence-corrected chi connectivity index (χ3v) is 3.05. The molecule has 2 rings (SSSR count). The third kappa shape index (κ3) is 4.85. The summed E-state index contributed by atoms with van der Waals surface area (Å²) >= 11 is 3.33. The number of methoxy groups -OCH3 is 1. The van der Waals surface area contributed by atoms with Crippen molar-refractivity contribution < 1.29 is 14.3 Å². The van der Waals surface area contributed by atoms with Gasteiger partial charge in [-0.2, -0.15) is 5.10 Å². The van der Waals surface area contributed by atoms with E-state index in [1.54, 1.807) is 36.5 Å². The zero-order valence-electron chi connectivity index (χ0n) is 11.8. The van der Waals surface area contributed by atoms with Gasteiger partial charge in [-0.25, -0.2) is 5.43 Å². The molecule has 1 aromatic heterocycles. The molecule has 0 spiro atoms. The van der Waals surface area contributed by atoms with Crippen LogP contribution in [0.1, 0.15) is 5.69 Å². The van der Waals surface area contributed by atoms with E-state index in [0.717, 1.165) is 4.47 Å². The van der Waals surface area contributed by atoms with E-state index in [1.165, 1.54) is 13.3 Å². The fraction of sp³-hybridized carbons (Fsp3) is 0.133. The van der Waals surface area contributed by atoms with E-state index in [-0.39, 0.29) is 12.5 Å². The molecule has 22 heavy (non-hydrogen) atoms. The summed E-state index contributed by atoms with van der Waals surface area (Å²) in [5.74, 6) is 0.644. The number of halogens is 1. The molecule has 0 radical (unpaired) electrons. The van der Waals surface area contributed by atoms with Gasteiger partial charge in [-0.05, 0) is 30.3 Å². The second kappa shape index (κ2) is 8.14. The van der Waals surface area contributed by atoms with Crippen LogP contribution in [-0.4, -0.2) is 30.8 Å². The van der Waals surface area contributed by atoms with Crippen molar-refractivity contribution in [1.82, 2.24) is 10.4 Å². The Morgan fingerprint density at radius 2 is 2.23 bits per heavy atom. The monoisotopic (exact) mass is 363 g/mol. The number of carbonyl (C=O) groups is 1. The van der Waals surface area contributed by atoms with Gasteiger partial charge in [0.25, 0.3) is 5.91 Å². The van der Waals surface area contributed by atoms with Gasteiger partial charge >= 0.3 is 0 Å². The maximum atomic E-state index is 11.7. The third-order valence-electron chi connectivity index (χ3n) is 2.56. The predicted molar refractivity (Wildman–Crippen MR) is 86.2 cm³/mol. The highest BCUT2D eigenvalue weighted by Crippen LogP contribution is 2.29. The number of hydrazone groups is 1. The van der Waals surface area contributed by atoms with Gasteiger partial charge in [0.15, 0.2) is 18.1 Å². The summed E-state index contributed by atoms with van der Waals surface area (Å²) in [7, 11) is 1.53. The highest BCUT2D eigenvalue weighted by molar-refractivity contribution is 9.10. The number of hydrogen-bond acceptors (Lipinski definition) is 5. The number of aromatic nitrogens is 1. The fourth-order valence-corrected chi connectivity index (χ4v) is 1.90. The van der Waals surface area contributed by atoms with Crippen LogP contribution in [0.3, 0.4) is 0 Å². The Hall–Kier alpha value is -2.41. The van der Waals surface area contributed by atoms with Crippen LogP contribution in [-0.2, 0) is 4.79 Å². The lowest BCUT2D eigenvalue weighted by molar-refractivity contribution is -0.123. The van der Waals surface area contributed by atoms with Crippen LogP contribution in [0, 0.1) is 0 Å². The van der Waals surface area contributed by atoms with E-state index in [2.05, 4.69) is 31.4 Å². The van der Waals surface area contributed by atoms with Crippen molar-refractivity contribution in [3.8, 4) is 11.5 Å². The zero-order valence-corrected chi connectivity index (χ0v) is 13.4. The van der Waals surface area contributed by atoms with Crippen molar-refractivity contribution >= 4 is 28.1 Å². The van der Waals surface area contributed by atoms with Crippen molar-refractivity contribution in [1.29, 1.82) is 0 Å².